The second-order valence-corrected chi connectivity index (χ2v) is 12.9. The van der Waals surface area contributed by atoms with Crippen LogP contribution in [0.15, 0.2) is 144 Å². The van der Waals surface area contributed by atoms with E-state index in [2.05, 4.69) is 146 Å². The fourth-order valence-corrected chi connectivity index (χ4v) is 8.18. The van der Waals surface area contributed by atoms with Crippen LogP contribution in [0, 0.1) is 0 Å². The Balaban J connectivity index is 1.23. The number of nitrogens with zero attached hydrogens (tertiary/aromatic N) is 1. The van der Waals surface area contributed by atoms with Gasteiger partial charge in [-0.3, -0.25) is 0 Å². The molecular weight excluding hydrogens is 546 g/mol. The molecule has 0 N–H and O–H groups in total. The Morgan fingerprint density at radius 2 is 1.18 bits per heavy atom. The molecule has 0 spiro atoms. The van der Waals surface area contributed by atoms with E-state index in [0.29, 0.717) is 0 Å². The topological polar surface area (TPSA) is 18.1 Å². The minimum Gasteiger partial charge on any atom is -0.456 e. The SMILES string of the molecule is CC1(C)c2ccccc2-c2c1c1c3ccccc3n(-c3ccc(-c4ccc5c(c4)oc4ccccc45)cc3)c1c1ccccc21. The van der Waals surface area contributed by atoms with Crippen molar-refractivity contribution >= 4 is 54.5 Å². The summed E-state index contributed by atoms with van der Waals surface area (Å²) in [6.45, 7) is 4.79. The van der Waals surface area contributed by atoms with E-state index in [1.165, 1.54) is 60.4 Å². The molecule has 0 saturated carbocycles. The summed E-state index contributed by atoms with van der Waals surface area (Å²) in [5.41, 5.74) is 13.3. The summed E-state index contributed by atoms with van der Waals surface area (Å²) in [6, 6.07) is 50.7. The van der Waals surface area contributed by atoms with Crippen molar-refractivity contribution in [2.75, 3.05) is 0 Å². The van der Waals surface area contributed by atoms with Crippen molar-refractivity contribution in [2.45, 2.75) is 19.3 Å². The highest BCUT2D eigenvalue weighted by molar-refractivity contribution is 6.25. The van der Waals surface area contributed by atoms with Gasteiger partial charge in [0.25, 0.3) is 0 Å². The highest BCUT2D eigenvalue weighted by Gasteiger charge is 2.39. The minimum atomic E-state index is -0.123. The molecule has 0 saturated heterocycles. The third kappa shape index (κ3) is 3.24. The number of benzene rings is 7. The minimum absolute atomic E-state index is 0.123. The maximum atomic E-state index is 6.21. The van der Waals surface area contributed by atoms with Crippen LogP contribution in [0.25, 0.3) is 82.5 Å². The molecular formula is C43H29NO. The van der Waals surface area contributed by atoms with Gasteiger partial charge in [-0.25, -0.2) is 0 Å². The first-order valence-electron chi connectivity index (χ1n) is 15.7. The van der Waals surface area contributed by atoms with Crippen molar-refractivity contribution in [3.63, 3.8) is 0 Å². The van der Waals surface area contributed by atoms with Gasteiger partial charge in [-0.05, 0) is 75.2 Å². The molecule has 2 heterocycles. The van der Waals surface area contributed by atoms with Gasteiger partial charge < -0.3 is 8.98 Å². The molecule has 212 valence electrons. The van der Waals surface area contributed by atoms with E-state index < -0.39 is 0 Å². The van der Waals surface area contributed by atoms with E-state index in [4.69, 9.17) is 4.42 Å². The molecule has 0 aliphatic heterocycles. The Morgan fingerprint density at radius 1 is 0.533 bits per heavy atom. The van der Waals surface area contributed by atoms with E-state index in [9.17, 15) is 0 Å². The fraction of sp³-hybridized carbons (Fsp3) is 0.0698. The number of hydrogen-bond donors (Lipinski definition) is 0. The molecule has 0 atom stereocenters. The van der Waals surface area contributed by atoms with Gasteiger partial charge in [0.15, 0.2) is 0 Å². The smallest absolute Gasteiger partial charge is 0.136 e. The normalized spacial score (nSPS) is 13.7. The van der Waals surface area contributed by atoms with E-state index >= 15 is 0 Å². The predicted octanol–water partition coefficient (Wildman–Crippen LogP) is 11.8. The van der Waals surface area contributed by atoms with Crippen molar-refractivity contribution in [2.24, 2.45) is 0 Å². The van der Waals surface area contributed by atoms with Crippen LogP contribution < -0.4 is 0 Å². The number of aromatic nitrogens is 1. The zero-order chi connectivity index (χ0) is 29.9. The summed E-state index contributed by atoms with van der Waals surface area (Å²) in [5, 5.41) is 7.58. The Kier molecular flexibility index (Phi) is 4.82. The van der Waals surface area contributed by atoms with E-state index in [1.807, 2.05) is 12.1 Å². The summed E-state index contributed by atoms with van der Waals surface area (Å²) in [5.74, 6) is 0. The van der Waals surface area contributed by atoms with Gasteiger partial charge in [0.1, 0.15) is 11.2 Å². The highest BCUT2D eigenvalue weighted by atomic mass is 16.3. The summed E-state index contributed by atoms with van der Waals surface area (Å²) in [4.78, 5) is 0. The second kappa shape index (κ2) is 8.74. The van der Waals surface area contributed by atoms with E-state index in [1.54, 1.807) is 0 Å². The molecule has 0 amide bonds. The number of para-hydroxylation sites is 2. The maximum Gasteiger partial charge on any atom is 0.136 e. The van der Waals surface area contributed by atoms with Crippen LogP contribution in [-0.4, -0.2) is 4.57 Å². The third-order valence-electron chi connectivity index (χ3n) is 10.2. The quantitative estimate of drug-likeness (QED) is 0.200. The molecule has 7 aromatic carbocycles. The van der Waals surface area contributed by atoms with Gasteiger partial charge in [0.05, 0.1) is 11.0 Å². The standard InChI is InChI=1S/C43H29NO/c1-43(2)35-16-8-5-14-33(35)39-31-12-3-4-13-32(31)42-40(41(39)43)34-15-6-9-17-36(34)44(42)28-22-19-26(20-23-28)27-21-24-30-29-11-7-10-18-37(29)45-38(30)25-27/h3-25H,1-2H3. The number of furan rings is 1. The Hall–Kier alpha value is -5.60. The molecule has 2 heteroatoms. The molecule has 1 aliphatic rings. The van der Waals surface area contributed by atoms with Crippen LogP contribution in [0.1, 0.15) is 25.0 Å². The van der Waals surface area contributed by atoms with Crippen LogP contribution in [0.2, 0.25) is 0 Å². The first kappa shape index (κ1) is 24.8. The second-order valence-electron chi connectivity index (χ2n) is 12.9. The lowest BCUT2D eigenvalue weighted by Gasteiger charge is -2.23. The molecule has 9 aromatic rings. The molecule has 0 fully saturated rings. The molecule has 2 aromatic heterocycles. The third-order valence-corrected chi connectivity index (χ3v) is 10.2. The number of hydrogen-bond acceptors (Lipinski definition) is 1. The molecule has 0 unspecified atom stereocenters. The number of fused-ring (bicyclic) bond motifs is 13. The monoisotopic (exact) mass is 575 g/mol. The van der Waals surface area contributed by atoms with Crippen LogP contribution in [0.3, 0.4) is 0 Å². The van der Waals surface area contributed by atoms with Crippen LogP contribution in [0.4, 0.5) is 0 Å². The molecule has 45 heavy (non-hydrogen) atoms. The average molecular weight is 576 g/mol. The molecule has 1 aliphatic carbocycles. The van der Waals surface area contributed by atoms with Crippen molar-refractivity contribution in [1.29, 1.82) is 0 Å². The molecule has 10 rings (SSSR count). The summed E-state index contributed by atoms with van der Waals surface area (Å²) in [7, 11) is 0. The number of rotatable bonds is 2. The van der Waals surface area contributed by atoms with E-state index in [0.717, 1.165) is 33.2 Å². The van der Waals surface area contributed by atoms with Crippen molar-refractivity contribution in [3.8, 4) is 27.9 Å². The van der Waals surface area contributed by atoms with Gasteiger partial charge in [-0.1, -0.05) is 117 Å². The largest absolute Gasteiger partial charge is 0.456 e. The molecule has 2 nitrogen and oxygen atoms in total. The van der Waals surface area contributed by atoms with Crippen molar-refractivity contribution in [1.82, 2.24) is 4.57 Å². The maximum absolute atomic E-state index is 6.21. The molecule has 0 bridgehead atoms. The van der Waals surface area contributed by atoms with Crippen molar-refractivity contribution in [3.05, 3.63) is 151 Å². The molecule has 0 radical (unpaired) electrons. The summed E-state index contributed by atoms with van der Waals surface area (Å²) >= 11 is 0. The van der Waals surface area contributed by atoms with Crippen molar-refractivity contribution < 1.29 is 4.42 Å². The Bertz CT molecular complexity index is 2670. The summed E-state index contributed by atoms with van der Waals surface area (Å²) in [6.07, 6.45) is 0. The zero-order valence-corrected chi connectivity index (χ0v) is 25.1. The first-order chi connectivity index (χ1) is 22.1. The van der Waals surface area contributed by atoms with Gasteiger partial charge in [0.2, 0.25) is 0 Å². The zero-order valence-electron chi connectivity index (χ0n) is 25.1. The van der Waals surface area contributed by atoms with Gasteiger partial charge >= 0.3 is 0 Å². The van der Waals surface area contributed by atoms with E-state index in [-0.39, 0.29) is 5.41 Å². The average Bonchev–Trinajstić information content (AvgIpc) is 3.71. The lowest BCUT2D eigenvalue weighted by atomic mass is 9.79. The predicted molar refractivity (Wildman–Crippen MR) is 189 cm³/mol. The van der Waals surface area contributed by atoms with Crippen LogP contribution >= 0.6 is 0 Å². The highest BCUT2D eigenvalue weighted by Crippen LogP contribution is 2.56. The lowest BCUT2D eigenvalue weighted by Crippen LogP contribution is -2.15. The van der Waals surface area contributed by atoms with Gasteiger partial charge in [0, 0.05) is 38.0 Å². The Morgan fingerprint density at radius 3 is 2.02 bits per heavy atom. The van der Waals surface area contributed by atoms with Crippen LogP contribution in [-0.2, 0) is 5.41 Å². The first-order valence-corrected chi connectivity index (χ1v) is 15.7. The van der Waals surface area contributed by atoms with Crippen LogP contribution in [0.5, 0.6) is 0 Å². The summed E-state index contributed by atoms with van der Waals surface area (Å²) < 4.78 is 8.69. The Labute approximate surface area is 260 Å². The van der Waals surface area contributed by atoms with Gasteiger partial charge in [-0.15, -0.1) is 0 Å². The van der Waals surface area contributed by atoms with Gasteiger partial charge in [-0.2, -0.15) is 0 Å². The lowest BCUT2D eigenvalue weighted by molar-refractivity contribution is 0.667. The fourth-order valence-electron chi connectivity index (χ4n) is 8.18.